The van der Waals surface area contributed by atoms with Gasteiger partial charge in [-0.05, 0) is 34.4 Å². The average molecular weight is 399 g/mol. The second kappa shape index (κ2) is 10.3. The van der Waals surface area contributed by atoms with Crippen molar-refractivity contribution >= 4 is 5.97 Å². The van der Waals surface area contributed by atoms with Crippen molar-refractivity contribution in [2.24, 2.45) is 5.41 Å². The molecular formula is C22H38O6. The molecule has 0 saturated carbocycles. The van der Waals surface area contributed by atoms with Crippen molar-refractivity contribution in [2.45, 2.75) is 65.2 Å². The zero-order valence-electron chi connectivity index (χ0n) is 18.3. The summed E-state index contributed by atoms with van der Waals surface area (Å²) < 4.78 is 0. The summed E-state index contributed by atoms with van der Waals surface area (Å²) in [7, 11) is 0. The van der Waals surface area contributed by atoms with E-state index >= 15 is 0 Å². The minimum absolute atomic E-state index is 0.0553. The lowest BCUT2D eigenvalue weighted by molar-refractivity contribution is -0.138. The number of aliphatic hydroxyl groups excluding tert-OH is 4. The van der Waals surface area contributed by atoms with Crippen LogP contribution in [0.3, 0.4) is 0 Å². The first-order valence-corrected chi connectivity index (χ1v) is 9.50. The summed E-state index contributed by atoms with van der Waals surface area (Å²) in [4.78, 5) is 11.3. The van der Waals surface area contributed by atoms with Gasteiger partial charge < -0.3 is 25.5 Å². The number of rotatable bonds is 6. The van der Waals surface area contributed by atoms with Gasteiger partial charge in [0.05, 0.1) is 37.8 Å². The molecule has 0 aliphatic heterocycles. The van der Waals surface area contributed by atoms with Crippen LogP contribution >= 0.6 is 0 Å². The van der Waals surface area contributed by atoms with Crippen molar-refractivity contribution in [3.8, 4) is 0 Å². The standard InChI is InChI=1S/C17H26O2.C5H12O4/c1-11(15(18)19)13-9-8-12(16(2,3)4)10-14(13)17(5,6)7;6-1-5(2-7,3-8)4-9/h8-11H,1-7H3,(H,18,19);6-9H,1-4H2. The SMILES string of the molecule is CC(C(=O)O)c1ccc(C(C)(C)C)cc1C(C)(C)C.OCC(CO)(CO)CO. The summed E-state index contributed by atoms with van der Waals surface area (Å²) in [5, 5.41) is 43.2. The van der Waals surface area contributed by atoms with Crippen molar-refractivity contribution in [1.82, 2.24) is 0 Å². The van der Waals surface area contributed by atoms with Crippen LogP contribution < -0.4 is 0 Å². The minimum atomic E-state index is -1.11. The van der Waals surface area contributed by atoms with E-state index in [1.165, 1.54) is 5.56 Å². The number of hydrogen-bond donors (Lipinski definition) is 5. The van der Waals surface area contributed by atoms with Crippen LogP contribution in [0, 0.1) is 5.41 Å². The van der Waals surface area contributed by atoms with Crippen LogP contribution in [-0.4, -0.2) is 57.9 Å². The number of carboxylic acids is 1. The number of hydrogen-bond acceptors (Lipinski definition) is 5. The van der Waals surface area contributed by atoms with Gasteiger partial charge in [0.1, 0.15) is 0 Å². The van der Waals surface area contributed by atoms with E-state index in [4.69, 9.17) is 20.4 Å². The van der Waals surface area contributed by atoms with Crippen LogP contribution in [0.15, 0.2) is 18.2 Å². The van der Waals surface area contributed by atoms with Gasteiger partial charge in [-0.25, -0.2) is 0 Å². The molecule has 0 saturated heterocycles. The fourth-order valence-electron chi connectivity index (χ4n) is 2.48. The van der Waals surface area contributed by atoms with Gasteiger partial charge in [-0.1, -0.05) is 59.7 Å². The van der Waals surface area contributed by atoms with Gasteiger partial charge >= 0.3 is 5.97 Å². The molecule has 0 aliphatic carbocycles. The third-order valence-corrected chi connectivity index (χ3v) is 4.91. The average Bonchev–Trinajstić information content (AvgIpc) is 2.62. The molecular weight excluding hydrogens is 360 g/mol. The summed E-state index contributed by atoms with van der Waals surface area (Å²) in [5.41, 5.74) is 2.22. The second-order valence-electron chi connectivity index (χ2n) is 9.49. The molecule has 1 aromatic rings. The molecule has 0 spiro atoms. The van der Waals surface area contributed by atoms with Gasteiger partial charge in [-0.2, -0.15) is 0 Å². The third kappa shape index (κ3) is 7.17. The summed E-state index contributed by atoms with van der Waals surface area (Å²) in [6.45, 7) is 13.1. The Morgan fingerprint density at radius 2 is 1.29 bits per heavy atom. The van der Waals surface area contributed by atoms with Crippen LogP contribution in [-0.2, 0) is 15.6 Å². The maximum atomic E-state index is 11.3. The Morgan fingerprint density at radius 3 is 1.54 bits per heavy atom. The highest BCUT2D eigenvalue weighted by Crippen LogP contribution is 2.34. The van der Waals surface area contributed by atoms with Gasteiger partial charge in [0, 0.05) is 0 Å². The number of aliphatic carboxylic acids is 1. The molecule has 0 bridgehead atoms. The van der Waals surface area contributed by atoms with Crippen molar-refractivity contribution < 1.29 is 30.3 Å². The predicted molar refractivity (Wildman–Crippen MR) is 111 cm³/mol. The number of carbonyl (C=O) groups is 1. The Balaban J connectivity index is 0.000000684. The van der Waals surface area contributed by atoms with Crippen molar-refractivity contribution in [1.29, 1.82) is 0 Å². The molecule has 0 aliphatic rings. The molecule has 0 fully saturated rings. The summed E-state index contributed by atoms with van der Waals surface area (Å²) >= 11 is 0. The Labute approximate surface area is 168 Å². The van der Waals surface area contributed by atoms with Gasteiger partial charge in [0.2, 0.25) is 0 Å². The maximum Gasteiger partial charge on any atom is 0.310 e. The molecule has 162 valence electrons. The second-order valence-corrected chi connectivity index (χ2v) is 9.49. The molecule has 5 N–H and O–H groups in total. The Hall–Kier alpha value is -1.47. The number of aliphatic hydroxyl groups is 4. The quantitative estimate of drug-likeness (QED) is 0.502. The van der Waals surface area contributed by atoms with E-state index in [1.54, 1.807) is 6.92 Å². The first-order valence-electron chi connectivity index (χ1n) is 9.50. The zero-order valence-corrected chi connectivity index (χ0v) is 18.3. The van der Waals surface area contributed by atoms with Crippen LogP contribution in [0.4, 0.5) is 0 Å². The Kier molecular flexibility index (Phi) is 9.80. The van der Waals surface area contributed by atoms with Gasteiger partial charge in [0.25, 0.3) is 0 Å². The highest BCUT2D eigenvalue weighted by Gasteiger charge is 2.27. The first-order chi connectivity index (χ1) is 12.7. The number of carboxylic acid groups (broad SMARTS) is 1. The smallest absolute Gasteiger partial charge is 0.310 e. The Bertz CT molecular complexity index is 603. The van der Waals surface area contributed by atoms with Crippen LogP contribution in [0.25, 0.3) is 0 Å². The van der Waals surface area contributed by atoms with E-state index < -0.39 is 43.7 Å². The van der Waals surface area contributed by atoms with Crippen molar-refractivity contribution in [2.75, 3.05) is 26.4 Å². The molecule has 0 radical (unpaired) electrons. The molecule has 6 nitrogen and oxygen atoms in total. The monoisotopic (exact) mass is 398 g/mol. The van der Waals surface area contributed by atoms with E-state index in [0.29, 0.717) is 0 Å². The van der Waals surface area contributed by atoms with Crippen LogP contribution in [0.5, 0.6) is 0 Å². The third-order valence-electron chi connectivity index (χ3n) is 4.91. The lowest BCUT2D eigenvalue weighted by atomic mass is 9.76. The van der Waals surface area contributed by atoms with E-state index in [9.17, 15) is 9.90 Å². The molecule has 0 amide bonds. The largest absolute Gasteiger partial charge is 0.481 e. The molecule has 1 aromatic carbocycles. The molecule has 0 aromatic heterocycles. The first kappa shape index (κ1) is 26.5. The van der Waals surface area contributed by atoms with Gasteiger partial charge in [-0.3, -0.25) is 4.79 Å². The highest BCUT2D eigenvalue weighted by atomic mass is 16.4. The summed E-state index contributed by atoms with van der Waals surface area (Å²) in [6, 6.07) is 6.22. The minimum Gasteiger partial charge on any atom is -0.481 e. The number of benzene rings is 1. The lowest BCUT2D eigenvalue weighted by Crippen LogP contribution is -2.37. The molecule has 1 rings (SSSR count). The van der Waals surface area contributed by atoms with Crippen molar-refractivity contribution in [3.05, 3.63) is 34.9 Å². The van der Waals surface area contributed by atoms with Crippen LogP contribution in [0.1, 0.15) is 71.1 Å². The Morgan fingerprint density at radius 1 is 0.857 bits per heavy atom. The van der Waals surface area contributed by atoms with Gasteiger partial charge in [-0.15, -0.1) is 0 Å². The molecule has 6 heteroatoms. The maximum absolute atomic E-state index is 11.3. The summed E-state index contributed by atoms with van der Waals surface area (Å²) in [6.07, 6.45) is 0. The van der Waals surface area contributed by atoms with Crippen molar-refractivity contribution in [3.63, 3.8) is 0 Å². The van der Waals surface area contributed by atoms with E-state index in [2.05, 4.69) is 53.7 Å². The van der Waals surface area contributed by atoms with E-state index in [1.807, 2.05) is 6.07 Å². The van der Waals surface area contributed by atoms with E-state index in [-0.39, 0.29) is 10.8 Å². The van der Waals surface area contributed by atoms with Crippen LogP contribution in [0.2, 0.25) is 0 Å². The topological polar surface area (TPSA) is 118 Å². The lowest BCUT2D eigenvalue weighted by Gasteiger charge is -2.28. The molecule has 28 heavy (non-hydrogen) atoms. The predicted octanol–water partition coefficient (Wildman–Crippen LogP) is 2.41. The normalized spacial score (nSPS) is 13.5. The zero-order chi connectivity index (χ0) is 22.3. The molecule has 1 atom stereocenters. The summed E-state index contributed by atoms with van der Waals surface area (Å²) in [5.74, 6) is -1.24. The highest BCUT2D eigenvalue weighted by molar-refractivity contribution is 5.76. The van der Waals surface area contributed by atoms with Gasteiger partial charge in [0.15, 0.2) is 0 Å². The fraction of sp³-hybridized carbons (Fsp3) is 0.682. The molecule has 0 heterocycles. The van der Waals surface area contributed by atoms with E-state index in [0.717, 1.165) is 11.1 Å². The molecule has 1 unspecified atom stereocenters. The fourth-order valence-corrected chi connectivity index (χ4v) is 2.48.